The van der Waals surface area contributed by atoms with Gasteiger partial charge in [-0.1, -0.05) is 18.2 Å². The minimum absolute atomic E-state index is 0.116. The van der Waals surface area contributed by atoms with E-state index in [1.165, 1.54) is 11.3 Å². The molecule has 4 N–H and O–H groups in total. The number of aromatic amines is 1. The van der Waals surface area contributed by atoms with E-state index in [-0.39, 0.29) is 5.78 Å². The minimum Gasteiger partial charge on any atom is -0.497 e. The van der Waals surface area contributed by atoms with Gasteiger partial charge in [0.1, 0.15) is 22.5 Å². The van der Waals surface area contributed by atoms with E-state index >= 15 is 0 Å². The average molecular weight is 474 g/mol. The first kappa shape index (κ1) is 21.9. The van der Waals surface area contributed by atoms with E-state index in [0.717, 1.165) is 26.7 Å². The zero-order valence-corrected chi connectivity index (χ0v) is 19.5. The van der Waals surface area contributed by atoms with Crippen LogP contribution >= 0.6 is 11.3 Å². The quantitative estimate of drug-likeness (QED) is 0.280. The van der Waals surface area contributed by atoms with Gasteiger partial charge in [0.05, 0.1) is 36.1 Å². The first-order valence-corrected chi connectivity index (χ1v) is 11.5. The van der Waals surface area contributed by atoms with Crippen molar-refractivity contribution in [1.29, 1.82) is 0 Å². The second kappa shape index (κ2) is 9.12. The molecule has 172 valence electrons. The van der Waals surface area contributed by atoms with Crippen LogP contribution in [-0.2, 0) is 6.54 Å². The summed E-state index contributed by atoms with van der Waals surface area (Å²) in [5, 5.41) is 4.83. The highest BCUT2D eigenvalue weighted by molar-refractivity contribution is 7.18. The molecule has 2 aromatic carbocycles. The number of methoxy groups -OCH3 is 2. The van der Waals surface area contributed by atoms with Crippen LogP contribution in [0.1, 0.15) is 27.0 Å². The number of ketones is 1. The van der Waals surface area contributed by atoms with E-state index in [2.05, 4.69) is 15.3 Å². The molecule has 0 aliphatic heterocycles. The van der Waals surface area contributed by atoms with Crippen molar-refractivity contribution in [2.45, 2.75) is 12.6 Å². The molecule has 1 atom stereocenters. The van der Waals surface area contributed by atoms with Gasteiger partial charge in [-0.25, -0.2) is 4.98 Å². The van der Waals surface area contributed by atoms with Crippen molar-refractivity contribution in [3.05, 3.63) is 77.2 Å². The summed E-state index contributed by atoms with van der Waals surface area (Å²) >= 11 is 1.46. The van der Waals surface area contributed by atoms with E-state index in [1.54, 1.807) is 38.9 Å². The number of nitrogens with zero attached hydrogens (tertiary/aromatic N) is 2. The molecule has 0 radical (unpaired) electrons. The Labute approximate surface area is 199 Å². The van der Waals surface area contributed by atoms with Gasteiger partial charge in [-0.15, -0.1) is 11.3 Å². The summed E-state index contributed by atoms with van der Waals surface area (Å²) < 4.78 is 11.8. The summed E-state index contributed by atoms with van der Waals surface area (Å²) in [7, 11) is 3.17. The number of nitrogens with two attached hydrogens (primary N) is 1. The van der Waals surface area contributed by atoms with Gasteiger partial charge in [-0.3, -0.25) is 9.78 Å². The Balaban J connectivity index is 1.62. The van der Waals surface area contributed by atoms with Crippen LogP contribution in [0.3, 0.4) is 0 Å². The molecule has 0 amide bonds. The number of rotatable bonds is 8. The van der Waals surface area contributed by atoms with Gasteiger partial charge in [0.2, 0.25) is 0 Å². The van der Waals surface area contributed by atoms with E-state index in [0.29, 0.717) is 34.3 Å². The van der Waals surface area contributed by atoms with Crippen molar-refractivity contribution in [2.24, 2.45) is 5.73 Å². The average Bonchev–Trinajstić information content (AvgIpc) is 3.50. The third kappa shape index (κ3) is 3.95. The van der Waals surface area contributed by atoms with Crippen LogP contribution in [0.4, 0.5) is 5.69 Å². The first-order valence-electron chi connectivity index (χ1n) is 10.6. The second-order valence-electron chi connectivity index (χ2n) is 7.68. The van der Waals surface area contributed by atoms with Gasteiger partial charge in [0, 0.05) is 53.8 Å². The smallest absolute Gasteiger partial charge is 0.194 e. The highest BCUT2D eigenvalue weighted by Gasteiger charge is 2.28. The molecule has 0 saturated heterocycles. The molecule has 3 aromatic heterocycles. The van der Waals surface area contributed by atoms with Crippen LogP contribution < -0.4 is 20.5 Å². The van der Waals surface area contributed by atoms with E-state index in [4.69, 9.17) is 20.2 Å². The number of benzene rings is 2. The van der Waals surface area contributed by atoms with Crippen molar-refractivity contribution in [1.82, 2.24) is 15.0 Å². The highest BCUT2D eigenvalue weighted by atomic mass is 32.1. The summed E-state index contributed by atoms with van der Waals surface area (Å²) in [6.45, 7) is 0.377. The number of nitrogens with one attached hydrogen (secondary N) is 2. The molecule has 0 spiro atoms. The van der Waals surface area contributed by atoms with Crippen molar-refractivity contribution >= 4 is 43.9 Å². The molecular formula is C25H23N5O3S. The molecule has 8 nitrogen and oxygen atoms in total. The van der Waals surface area contributed by atoms with Crippen LogP contribution in [0.25, 0.3) is 21.1 Å². The lowest BCUT2D eigenvalue weighted by Crippen LogP contribution is -2.21. The van der Waals surface area contributed by atoms with Crippen molar-refractivity contribution in [3.63, 3.8) is 0 Å². The number of anilines is 1. The van der Waals surface area contributed by atoms with Crippen LogP contribution in [0.5, 0.6) is 11.5 Å². The number of H-pyrrole nitrogens is 1. The van der Waals surface area contributed by atoms with Gasteiger partial charge >= 0.3 is 0 Å². The Morgan fingerprint density at radius 1 is 1.18 bits per heavy atom. The molecule has 0 bridgehead atoms. The van der Waals surface area contributed by atoms with Crippen LogP contribution in [0.15, 0.2) is 61.1 Å². The number of Topliss-reactive ketones (excluding diaryl/α,β-unsaturated/α-hetero) is 1. The van der Waals surface area contributed by atoms with E-state index in [1.807, 2.05) is 36.4 Å². The molecule has 0 aliphatic rings. The number of carbonyl (C=O) groups excluding carboxylic acids is 1. The van der Waals surface area contributed by atoms with Crippen LogP contribution in [0.2, 0.25) is 0 Å². The zero-order valence-electron chi connectivity index (χ0n) is 18.7. The first-order chi connectivity index (χ1) is 16.6. The summed E-state index contributed by atoms with van der Waals surface area (Å²) in [4.78, 5) is 26.1. The Kier molecular flexibility index (Phi) is 5.87. The summed E-state index contributed by atoms with van der Waals surface area (Å²) in [6.07, 6.45) is 5.15. The Hall–Kier alpha value is -3.95. The number of thiazole rings is 1. The fraction of sp³-hybridized carbons (Fsp3) is 0.160. The SMILES string of the molecule is COc1cc(NC(C(=O)c2c[nH]c3c(CN)cccc23)c2nc3cnccc3s2)cc(OC)c1. The van der Waals surface area contributed by atoms with E-state index in [9.17, 15) is 4.79 Å². The lowest BCUT2D eigenvalue weighted by atomic mass is 10.0. The minimum atomic E-state index is -0.741. The number of fused-ring (bicyclic) bond motifs is 2. The normalized spacial score (nSPS) is 12.1. The number of hydrogen-bond donors (Lipinski definition) is 3. The largest absolute Gasteiger partial charge is 0.497 e. The third-order valence-corrected chi connectivity index (χ3v) is 6.77. The maximum atomic E-state index is 14.0. The van der Waals surface area contributed by atoms with Crippen LogP contribution in [0, 0.1) is 0 Å². The second-order valence-corrected chi connectivity index (χ2v) is 8.75. The Morgan fingerprint density at radius 2 is 1.97 bits per heavy atom. The van der Waals surface area contributed by atoms with Crippen molar-refractivity contribution in [3.8, 4) is 11.5 Å². The van der Waals surface area contributed by atoms with Crippen molar-refractivity contribution in [2.75, 3.05) is 19.5 Å². The van der Waals surface area contributed by atoms with Gasteiger partial charge in [0.15, 0.2) is 5.78 Å². The molecule has 0 saturated carbocycles. The molecule has 3 heterocycles. The van der Waals surface area contributed by atoms with Gasteiger partial charge in [0.25, 0.3) is 0 Å². The molecule has 5 aromatic rings. The highest BCUT2D eigenvalue weighted by Crippen LogP contribution is 2.35. The van der Waals surface area contributed by atoms with Gasteiger partial charge < -0.3 is 25.5 Å². The number of hydrogen-bond acceptors (Lipinski definition) is 8. The van der Waals surface area contributed by atoms with Gasteiger partial charge in [-0.05, 0) is 11.6 Å². The molecule has 0 fully saturated rings. The topological polar surface area (TPSA) is 115 Å². The van der Waals surface area contributed by atoms with Crippen LogP contribution in [-0.4, -0.2) is 35.0 Å². The maximum Gasteiger partial charge on any atom is 0.194 e. The Bertz CT molecular complexity index is 1440. The molecule has 34 heavy (non-hydrogen) atoms. The zero-order chi connectivity index (χ0) is 23.7. The fourth-order valence-corrected chi connectivity index (χ4v) is 4.95. The summed E-state index contributed by atoms with van der Waals surface area (Å²) in [6, 6.07) is 12.4. The number of ether oxygens (including phenoxy) is 2. The fourth-order valence-electron chi connectivity index (χ4n) is 3.96. The standard InChI is InChI=1S/C25H23N5O3S/c1-32-16-8-15(9-17(10-16)33-2)29-23(25-30-20-13-27-7-6-21(20)34-25)24(31)19-12-28-22-14(11-26)4-3-5-18(19)22/h3-10,12-13,23,28-29H,11,26H2,1-2H3. The number of pyridine rings is 1. The summed E-state index contributed by atoms with van der Waals surface area (Å²) in [5.74, 6) is 1.11. The monoisotopic (exact) mass is 473 g/mol. The Morgan fingerprint density at radius 3 is 2.68 bits per heavy atom. The third-order valence-electron chi connectivity index (χ3n) is 5.67. The molecule has 5 rings (SSSR count). The molecular weight excluding hydrogens is 450 g/mol. The maximum absolute atomic E-state index is 14.0. The lowest BCUT2D eigenvalue weighted by molar-refractivity contribution is 0.0971. The predicted octanol–water partition coefficient (Wildman–Crippen LogP) is 4.68. The molecule has 1 unspecified atom stereocenters. The lowest BCUT2D eigenvalue weighted by Gasteiger charge is -2.18. The van der Waals surface area contributed by atoms with Crippen molar-refractivity contribution < 1.29 is 14.3 Å². The number of aromatic nitrogens is 3. The van der Waals surface area contributed by atoms with Gasteiger partial charge in [-0.2, -0.15) is 0 Å². The number of carbonyl (C=O) groups is 1. The molecule has 9 heteroatoms. The summed E-state index contributed by atoms with van der Waals surface area (Å²) in [5.41, 5.74) is 9.70. The van der Waals surface area contributed by atoms with E-state index < -0.39 is 6.04 Å². The molecule has 0 aliphatic carbocycles. The predicted molar refractivity (Wildman–Crippen MR) is 134 cm³/mol. The number of para-hydroxylation sites is 1.